The van der Waals surface area contributed by atoms with Crippen molar-refractivity contribution in [3.63, 3.8) is 0 Å². The lowest BCUT2D eigenvalue weighted by molar-refractivity contribution is -0.141. The van der Waals surface area contributed by atoms with Gasteiger partial charge in [-0.05, 0) is 31.5 Å². The molecule has 0 radical (unpaired) electrons. The maximum absolute atomic E-state index is 12.3. The fourth-order valence-corrected chi connectivity index (χ4v) is 2.38. The van der Waals surface area contributed by atoms with Crippen LogP contribution in [0.4, 0.5) is 0 Å². The molecule has 2 heterocycles. The second-order valence-corrected chi connectivity index (χ2v) is 6.37. The minimum atomic E-state index is -1.11. The molecule has 7 heteroatoms. The molecule has 0 bridgehead atoms. The number of nitrogens with one attached hydrogen (secondary N) is 2. The Labute approximate surface area is 142 Å². The molecule has 2 amide bonds. The third kappa shape index (κ3) is 5.28. The van der Waals surface area contributed by atoms with Crippen LogP contribution in [0.1, 0.15) is 19.4 Å². The first kappa shape index (κ1) is 18.4. The summed E-state index contributed by atoms with van der Waals surface area (Å²) in [7, 11) is 0. The highest BCUT2D eigenvalue weighted by Gasteiger charge is 2.35. The van der Waals surface area contributed by atoms with Crippen LogP contribution < -0.4 is 10.6 Å². The van der Waals surface area contributed by atoms with Gasteiger partial charge in [-0.1, -0.05) is 0 Å². The average molecular weight is 334 g/mol. The molecule has 132 valence electrons. The third-order valence-electron chi connectivity index (χ3n) is 4.16. The quantitative estimate of drug-likeness (QED) is 0.695. The Kier molecular flexibility index (Phi) is 6.69. The largest absolute Gasteiger partial charge is 0.379 e. The summed E-state index contributed by atoms with van der Waals surface area (Å²) in [5, 5.41) is 5.66. The van der Waals surface area contributed by atoms with Gasteiger partial charge in [0.25, 0.3) is 0 Å². The second kappa shape index (κ2) is 8.75. The average Bonchev–Trinajstić information content (AvgIpc) is 2.61. The molecular weight excluding hydrogens is 308 g/mol. The summed E-state index contributed by atoms with van der Waals surface area (Å²) < 4.78 is 5.29. The van der Waals surface area contributed by atoms with Gasteiger partial charge in [-0.15, -0.1) is 0 Å². The first-order chi connectivity index (χ1) is 11.5. The van der Waals surface area contributed by atoms with Gasteiger partial charge in [0.2, 0.25) is 11.8 Å². The molecule has 1 saturated heterocycles. The van der Waals surface area contributed by atoms with E-state index in [1.165, 1.54) is 0 Å². The number of hydrogen-bond acceptors (Lipinski definition) is 5. The van der Waals surface area contributed by atoms with Crippen molar-refractivity contribution < 1.29 is 14.3 Å². The highest BCUT2D eigenvalue weighted by molar-refractivity contribution is 6.04. The summed E-state index contributed by atoms with van der Waals surface area (Å²) in [4.78, 5) is 30.8. The molecule has 24 heavy (non-hydrogen) atoms. The van der Waals surface area contributed by atoms with Crippen molar-refractivity contribution in [1.29, 1.82) is 0 Å². The molecule has 2 N–H and O–H groups in total. The van der Waals surface area contributed by atoms with E-state index in [-0.39, 0.29) is 11.8 Å². The van der Waals surface area contributed by atoms with Gasteiger partial charge in [0.15, 0.2) is 0 Å². The number of aromatic nitrogens is 1. The van der Waals surface area contributed by atoms with Crippen molar-refractivity contribution in [1.82, 2.24) is 20.5 Å². The summed E-state index contributed by atoms with van der Waals surface area (Å²) in [6, 6.07) is 3.66. The summed E-state index contributed by atoms with van der Waals surface area (Å²) in [6.07, 6.45) is 3.34. The SMILES string of the molecule is CC(C)(C(=O)NCCN1CCOCC1)C(=O)NCc1ccncc1. The maximum Gasteiger partial charge on any atom is 0.235 e. The highest BCUT2D eigenvalue weighted by atomic mass is 16.5. The first-order valence-electron chi connectivity index (χ1n) is 8.26. The number of morpholine rings is 1. The summed E-state index contributed by atoms with van der Waals surface area (Å²) in [6.45, 7) is 8.18. The van der Waals surface area contributed by atoms with Crippen LogP contribution >= 0.6 is 0 Å². The first-order valence-corrected chi connectivity index (χ1v) is 8.26. The summed E-state index contributed by atoms with van der Waals surface area (Å²) in [5.41, 5.74) is -0.167. The topological polar surface area (TPSA) is 83.6 Å². The van der Waals surface area contributed by atoms with Crippen LogP contribution in [-0.2, 0) is 20.9 Å². The van der Waals surface area contributed by atoms with Crippen molar-refractivity contribution >= 4 is 11.8 Å². The minimum absolute atomic E-state index is 0.261. The lowest BCUT2D eigenvalue weighted by Gasteiger charge is -2.27. The van der Waals surface area contributed by atoms with Crippen molar-refractivity contribution in [2.24, 2.45) is 5.41 Å². The van der Waals surface area contributed by atoms with E-state index < -0.39 is 5.41 Å². The predicted molar refractivity (Wildman–Crippen MR) is 90.1 cm³/mol. The van der Waals surface area contributed by atoms with Crippen molar-refractivity contribution in [2.45, 2.75) is 20.4 Å². The number of hydrogen-bond donors (Lipinski definition) is 2. The molecule has 1 aromatic heterocycles. The van der Waals surface area contributed by atoms with E-state index in [4.69, 9.17) is 4.74 Å². The van der Waals surface area contributed by atoms with E-state index in [9.17, 15) is 9.59 Å². The van der Waals surface area contributed by atoms with E-state index in [0.29, 0.717) is 13.1 Å². The molecule has 0 atom stereocenters. The number of carbonyl (C=O) groups excluding carboxylic acids is 2. The van der Waals surface area contributed by atoms with Gasteiger partial charge in [-0.2, -0.15) is 0 Å². The Bertz CT molecular complexity index is 542. The smallest absolute Gasteiger partial charge is 0.235 e. The number of nitrogens with zero attached hydrogens (tertiary/aromatic N) is 2. The number of amides is 2. The van der Waals surface area contributed by atoms with Crippen molar-refractivity contribution in [3.05, 3.63) is 30.1 Å². The van der Waals surface area contributed by atoms with Gasteiger partial charge in [-0.3, -0.25) is 19.5 Å². The monoisotopic (exact) mass is 334 g/mol. The van der Waals surface area contributed by atoms with Crippen LogP contribution in [0.25, 0.3) is 0 Å². The molecule has 1 aromatic rings. The molecule has 0 spiro atoms. The highest BCUT2D eigenvalue weighted by Crippen LogP contribution is 2.15. The van der Waals surface area contributed by atoms with Gasteiger partial charge >= 0.3 is 0 Å². The van der Waals surface area contributed by atoms with Gasteiger partial charge < -0.3 is 15.4 Å². The Morgan fingerprint density at radius 1 is 1.17 bits per heavy atom. The van der Waals surface area contributed by atoms with Crippen LogP contribution in [0, 0.1) is 5.41 Å². The molecule has 2 rings (SSSR count). The standard InChI is InChI=1S/C17H26N4O3/c1-17(2,16(23)20-13-14-3-5-18-6-4-14)15(22)19-7-8-21-9-11-24-12-10-21/h3-6H,7-13H2,1-2H3,(H,19,22)(H,20,23). The van der Waals surface area contributed by atoms with Crippen molar-refractivity contribution in [3.8, 4) is 0 Å². The number of pyridine rings is 1. The van der Waals surface area contributed by atoms with Crippen LogP contribution in [0.5, 0.6) is 0 Å². The predicted octanol–water partition coefficient (Wildman–Crippen LogP) is 0.172. The molecule has 1 fully saturated rings. The van der Waals surface area contributed by atoms with E-state index in [0.717, 1.165) is 38.4 Å². The minimum Gasteiger partial charge on any atom is -0.379 e. The second-order valence-electron chi connectivity index (χ2n) is 6.37. The zero-order valence-corrected chi connectivity index (χ0v) is 14.4. The number of carbonyl (C=O) groups is 2. The van der Waals surface area contributed by atoms with E-state index in [1.807, 2.05) is 12.1 Å². The number of ether oxygens (including phenoxy) is 1. The Morgan fingerprint density at radius 3 is 2.46 bits per heavy atom. The molecule has 1 aliphatic rings. The molecule has 0 unspecified atom stereocenters. The van der Waals surface area contributed by atoms with Crippen LogP contribution in [0.3, 0.4) is 0 Å². The van der Waals surface area contributed by atoms with E-state index in [2.05, 4.69) is 20.5 Å². The van der Waals surface area contributed by atoms with Crippen LogP contribution in [-0.4, -0.2) is 61.1 Å². The summed E-state index contributed by atoms with van der Waals surface area (Å²) in [5.74, 6) is -0.550. The zero-order valence-electron chi connectivity index (χ0n) is 14.4. The normalized spacial score (nSPS) is 15.8. The van der Waals surface area contributed by atoms with E-state index in [1.54, 1.807) is 26.2 Å². The fraction of sp³-hybridized carbons (Fsp3) is 0.588. The lowest BCUT2D eigenvalue weighted by Crippen LogP contribution is -2.49. The third-order valence-corrected chi connectivity index (χ3v) is 4.16. The fourth-order valence-electron chi connectivity index (χ4n) is 2.38. The van der Waals surface area contributed by atoms with Gasteiger partial charge in [0.05, 0.1) is 13.2 Å². The van der Waals surface area contributed by atoms with Crippen molar-refractivity contribution in [2.75, 3.05) is 39.4 Å². The molecule has 0 saturated carbocycles. The Balaban J connectivity index is 1.74. The maximum atomic E-state index is 12.3. The molecule has 7 nitrogen and oxygen atoms in total. The van der Waals surface area contributed by atoms with Crippen LogP contribution in [0.15, 0.2) is 24.5 Å². The van der Waals surface area contributed by atoms with Gasteiger partial charge in [-0.25, -0.2) is 0 Å². The molecule has 0 aromatic carbocycles. The Morgan fingerprint density at radius 2 is 1.79 bits per heavy atom. The Hall–Kier alpha value is -1.99. The molecule has 1 aliphatic heterocycles. The summed E-state index contributed by atoms with van der Waals surface area (Å²) >= 11 is 0. The van der Waals surface area contributed by atoms with E-state index >= 15 is 0 Å². The number of rotatable bonds is 7. The lowest BCUT2D eigenvalue weighted by atomic mass is 9.91. The van der Waals surface area contributed by atoms with Crippen LogP contribution in [0.2, 0.25) is 0 Å². The zero-order chi connectivity index (χ0) is 17.4. The van der Waals surface area contributed by atoms with Gasteiger partial charge in [0.1, 0.15) is 5.41 Å². The molecular formula is C17H26N4O3. The molecule has 0 aliphatic carbocycles. The van der Waals surface area contributed by atoms with Gasteiger partial charge in [0, 0.05) is 45.1 Å².